The third kappa shape index (κ3) is 2.87. The molecule has 0 fully saturated rings. The van der Waals surface area contributed by atoms with E-state index < -0.39 is 0 Å². The van der Waals surface area contributed by atoms with E-state index in [0.717, 1.165) is 28.1 Å². The Bertz CT molecular complexity index is 739. The number of fused-ring (bicyclic) bond motifs is 1. The highest BCUT2D eigenvalue weighted by Gasteiger charge is 2.04. The molecule has 0 saturated heterocycles. The van der Waals surface area contributed by atoms with Gasteiger partial charge in [-0.3, -0.25) is 0 Å². The van der Waals surface area contributed by atoms with Crippen LogP contribution in [0.1, 0.15) is 11.1 Å². The summed E-state index contributed by atoms with van der Waals surface area (Å²) in [6.45, 7) is 1.56. The summed E-state index contributed by atoms with van der Waals surface area (Å²) < 4.78 is 2.91. The first-order valence-corrected chi connectivity index (χ1v) is 7.47. The van der Waals surface area contributed by atoms with Crippen LogP contribution in [0.15, 0.2) is 53.3 Å². The summed E-state index contributed by atoms with van der Waals surface area (Å²) in [7, 11) is 0. The summed E-state index contributed by atoms with van der Waals surface area (Å²) in [6, 6.07) is 11.9. The van der Waals surface area contributed by atoms with E-state index in [-0.39, 0.29) is 0 Å². The van der Waals surface area contributed by atoms with Gasteiger partial charge in [-0.25, -0.2) is 4.52 Å². The molecule has 0 atom stereocenters. The van der Waals surface area contributed by atoms with Gasteiger partial charge < -0.3 is 5.32 Å². The fourth-order valence-electron chi connectivity index (χ4n) is 2.12. The maximum atomic E-state index is 5.94. The van der Waals surface area contributed by atoms with Gasteiger partial charge in [-0.05, 0) is 29.8 Å². The van der Waals surface area contributed by atoms with Crippen LogP contribution in [0, 0.1) is 0 Å². The molecule has 3 nitrogen and oxygen atoms in total. The van der Waals surface area contributed by atoms with Crippen LogP contribution in [0.5, 0.6) is 0 Å². The number of hydrogen-bond acceptors (Lipinski definition) is 2. The molecule has 0 radical (unpaired) electrons. The summed E-state index contributed by atoms with van der Waals surface area (Å²) in [6.07, 6.45) is 3.86. The van der Waals surface area contributed by atoms with Gasteiger partial charge in [-0.1, -0.05) is 39.7 Å². The second-order valence-electron chi connectivity index (χ2n) is 4.54. The smallest absolute Gasteiger partial charge is 0.0706 e. The molecule has 2 aromatic heterocycles. The Morgan fingerprint density at radius 1 is 1.15 bits per heavy atom. The molecule has 0 aliphatic rings. The number of rotatable bonds is 4. The third-order valence-corrected chi connectivity index (χ3v) is 4.13. The van der Waals surface area contributed by atoms with Crippen LogP contribution < -0.4 is 5.32 Å². The van der Waals surface area contributed by atoms with E-state index in [1.165, 1.54) is 11.1 Å². The van der Waals surface area contributed by atoms with Crippen LogP contribution in [0.25, 0.3) is 5.52 Å². The molecule has 1 N–H and O–H groups in total. The van der Waals surface area contributed by atoms with Crippen molar-refractivity contribution in [1.29, 1.82) is 0 Å². The number of aromatic nitrogens is 2. The minimum Gasteiger partial charge on any atom is -0.308 e. The predicted octanol–water partition coefficient (Wildman–Crippen LogP) is 4.04. The first-order chi connectivity index (χ1) is 9.74. The van der Waals surface area contributed by atoms with Crippen molar-refractivity contribution in [3.63, 3.8) is 0 Å². The molecule has 20 heavy (non-hydrogen) atoms. The van der Waals surface area contributed by atoms with E-state index in [2.05, 4.69) is 32.4 Å². The third-order valence-electron chi connectivity index (χ3n) is 3.15. The molecule has 3 aromatic rings. The number of pyridine rings is 1. The minimum absolute atomic E-state index is 0.739. The van der Waals surface area contributed by atoms with Gasteiger partial charge in [-0.15, -0.1) is 0 Å². The van der Waals surface area contributed by atoms with Crippen molar-refractivity contribution in [3.05, 3.63) is 69.4 Å². The van der Waals surface area contributed by atoms with Crippen LogP contribution in [-0.2, 0) is 13.1 Å². The number of nitrogens with one attached hydrogen (secondary N) is 1. The lowest BCUT2D eigenvalue weighted by molar-refractivity contribution is 0.694. The van der Waals surface area contributed by atoms with E-state index in [1.54, 1.807) is 0 Å². The van der Waals surface area contributed by atoms with Crippen molar-refractivity contribution >= 4 is 33.0 Å². The van der Waals surface area contributed by atoms with Gasteiger partial charge in [-0.2, -0.15) is 5.10 Å². The van der Waals surface area contributed by atoms with Crippen LogP contribution in [-0.4, -0.2) is 9.61 Å². The highest BCUT2D eigenvalue weighted by Crippen LogP contribution is 2.21. The van der Waals surface area contributed by atoms with E-state index in [4.69, 9.17) is 11.6 Å². The van der Waals surface area contributed by atoms with E-state index >= 15 is 0 Å². The van der Waals surface area contributed by atoms with Crippen molar-refractivity contribution in [2.45, 2.75) is 13.1 Å². The molecule has 5 heteroatoms. The highest BCUT2D eigenvalue weighted by molar-refractivity contribution is 9.10. The Kier molecular flexibility index (Phi) is 4.05. The summed E-state index contributed by atoms with van der Waals surface area (Å²) in [5.41, 5.74) is 3.51. The van der Waals surface area contributed by atoms with Crippen LogP contribution in [0.3, 0.4) is 0 Å². The SMILES string of the molecule is Clc1ccc(CNCc2cnn3ccccc23)c(Br)c1. The minimum atomic E-state index is 0.739. The number of benzene rings is 1. The number of nitrogens with zero attached hydrogens (tertiary/aromatic N) is 2. The lowest BCUT2D eigenvalue weighted by atomic mass is 10.2. The van der Waals surface area contributed by atoms with E-state index in [1.807, 2.05) is 47.2 Å². The molecule has 0 spiro atoms. The lowest BCUT2D eigenvalue weighted by Crippen LogP contribution is -2.12. The Hall–Kier alpha value is -1.36. The predicted molar refractivity (Wildman–Crippen MR) is 84.9 cm³/mol. The summed E-state index contributed by atoms with van der Waals surface area (Å²) >= 11 is 9.46. The van der Waals surface area contributed by atoms with E-state index in [9.17, 15) is 0 Å². The van der Waals surface area contributed by atoms with Crippen molar-refractivity contribution in [2.75, 3.05) is 0 Å². The normalized spacial score (nSPS) is 11.1. The molecule has 1 aromatic carbocycles. The highest BCUT2D eigenvalue weighted by atomic mass is 79.9. The van der Waals surface area contributed by atoms with Crippen LogP contribution >= 0.6 is 27.5 Å². The van der Waals surface area contributed by atoms with Crippen LogP contribution in [0.2, 0.25) is 5.02 Å². The molecule has 0 bridgehead atoms. The van der Waals surface area contributed by atoms with Crippen LogP contribution in [0.4, 0.5) is 0 Å². The van der Waals surface area contributed by atoms with Gasteiger partial charge in [0.25, 0.3) is 0 Å². The topological polar surface area (TPSA) is 29.3 Å². The van der Waals surface area contributed by atoms with Gasteiger partial charge >= 0.3 is 0 Å². The van der Waals surface area contributed by atoms with Gasteiger partial charge in [0, 0.05) is 34.3 Å². The fraction of sp³-hybridized carbons (Fsp3) is 0.133. The zero-order valence-corrected chi connectivity index (χ0v) is 13.0. The largest absolute Gasteiger partial charge is 0.308 e. The molecule has 0 aliphatic carbocycles. The lowest BCUT2D eigenvalue weighted by Gasteiger charge is -2.06. The first kappa shape index (κ1) is 13.6. The van der Waals surface area contributed by atoms with Crippen molar-refractivity contribution < 1.29 is 0 Å². The maximum absolute atomic E-state index is 5.94. The molecule has 3 rings (SSSR count). The fourth-order valence-corrected chi connectivity index (χ4v) is 2.94. The van der Waals surface area contributed by atoms with Crippen molar-refractivity contribution in [3.8, 4) is 0 Å². The molecule has 102 valence electrons. The second-order valence-corrected chi connectivity index (χ2v) is 5.83. The Morgan fingerprint density at radius 2 is 2.00 bits per heavy atom. The van der Waals surface area contributed by atoms with Crippen molar-refractivity contribution in [2.24, 2.45) is 0 Å². The quantitative estimate of drug-likeness (QED) is 0.769. The summed E-state index contributed by atoms with van der Waals surface area (Å²) in [4.78, 5) is 0. The molecule has 0 amide bonds. The van der Waals surface area contributed by atoms with Gasteiger partial charge in [0.2, 0.25) is 0 Å². The average Bonchev–Trinajstić information content (AvgIpc) is 2.85. The summed E-state index contributed by atoms with van der Waals surface area (Å²) in [5.74, 6) is 0. The average molecular weight is 351 g/mol. The van der Waals surface area contributed by atoms with Gasteiger partial charge in [0.05, 0.1) is 11.7 Å². The molecular formula is C15H13BrClN3. The Balaban J connectivity index is 1.68. The molecule has 0 saturated carbocycles. The monoisotopic (exact) mass is 349 g/mol. The van der Waals surface area contributed by atoms with Gasteiger partial charge in [0.15, 0.2) is 0 Å². The van der Waals surface area contributed by atoms with E-state index in [0.29, 0.717) is 0 Å². The number of hydrogen-bond donors (Lipinski definition) is 1. The first-order valence-electron chi connectivity index (χ1n) is 6.30. The zero-order chi connectivity index (χ0) is 13.9. The maximum Gasteiger partial charge on any atom is 0.0706 e. The zero-order valence-electron chi connectivity index (χ0n) is 10.7. The molecule has 2 heterocycles. The second kappa shape index (κ2) is 5.95. The molecular weight excluding hydrogens is 338 g/mol. The van der Waals surface area contributed by atoms with Crippen molar-refractivity contribution in [1.82, 2.24) is 14.9 Å². The standard InChI is InChI=1S/C15H13BrClN3/c16-14-7-13(17)5-4-11(14)8-18-9-12-10-19-20-6-2-1-3-15(12)20/h1-7,10,18H,8-9H2. The molecule has 0 unspecified atom stereocenters. The number of halogens is 2. The summed E-state index contributed by atoms with van der Waals surface area (Å²) in [5, 5.41) is 8.49. The Morgan fingerprint density at radius 3 is 2.85 bits per heavy atom. The van der Waals surface area contributed by atoms with Gasteiger partial charge in [0.1, 0.15) is 0 Å². The Labute approximate surface area is 130 Å². The molecule has 0 aliphatic heterocycles.